The van der Waals surface area contributed by atoms with Crippen molar-refractivity contribution in [2.75, 3.05) is 32.8 Å². The lowest BCUT2D eigenvalue weighted by molar-refractivity contribution is 0.00528. The molecular formula is C14H19ClFN3O2. The Morgan fingerprint density at radius 2 is 2.43 bits per heavy atom. The highest BCUT2D eigenvalue weighted by Gasteiger charge is 2.17. The van der Waals surface area contributed by atoms with E-state index in [4.69, 9.17) is 26.8 Å². The van der Waals surface area contributed by atoms with E-state index in [-0.39, 0.29) is 11.1 Å². The van der Waals surface area contributed by atoms with E-state index in [1.54, 1.807) is 0 Å². The summed E-state index contributed by atoms with van der Waals surface area (Å²) in [5.74, 6) is 0.536. The molecule has 1 aromatic rings. The summed E-state index contributed by atoms with van der Waals surface area (Å²) in [7, 11) is 0. The lowest BCUT2D eigenvalue weighted by Crippen LogP contribution is -2.48. The van der Waals surface area contributed by atoms with E-state index in [1.807, 2.05) is 11.8 Å². The maximum Gasteiger partial charge on any atom is 0.191 e. The number of rotatable bonds is 4. The predicted molar refractivity (Wildman–Crippen MR) is 80.4 cm³/mol. The zero-order chi connectivity index (χ0) is 15.2. The second-order valence-electron chi connectivity index (χ2n) is 4.79. The predicted octanol–water partition coefficient (Wildman–Crippen LogP) is 1.89. The SMILES string of the molecule is CC1CN(C(N)=NCCOc2ccc(F)c(Cl)c2)CCO1. The standard InChI is InChI=1S/C14H19ClFN3O2/c1-10-9-19(5-7-20-10)14(17)18-4-6-21-11-2-3-13(16)12(15)8-11/h2-3,8,10H,4-7,9H2,1H3,(H2,17,18). The highest BCUT2D eigenvalue weighted by molar-refractivity contribution is 6.30. The van der Waals surface area contributed by atoms with Gasteiger partial charge in [-0.3, -0.25) is 0 Å². The van der Waals surface area contributed by atoms with E-state index in [0.717, 1.165) is 13.1 Å². The Kier molecular flexibility index (Phi) is 5.64. The minimum atomic E-state index is -0.465. The van der Waals surface area contributed by atoms with Gasteiger partial charge < -0.3 is 20.1 Å². The maximum absolute atomic E-state index is 13.0. The van der Waals surface area contributed by atoms with Crippen LogP contribution in [-0.2, 0) is 4.74 Å². The van der Waals surface area contributed by atoms with Crippen LogP contribution in [0, 0.1) is 5.82 Å². The van der Waals surface area contributed by atoms with Crippen LogP contribution in [0.25, 0.3) is 0 Å². The van der Waals surface area contributed by atoms with Crippen LogP contribution < -0.4 is 10.5 Å². The van der Waals surface area contributed by atoms with Crippen molar-refractivity contribution < 1.29 is 13.9 Å². The minimum Gasteiger partial charge on any atom is -0.492 e. The topological polar surface area (TPSA) is 60.1 Å². The molecule has 0 saturated carbocycles. The molecule has 7 heteroatoms. The smallest absolute Gasteiger partial charge is 0.191 e. The number of guanidine groups is 1. The molecule has 5 nitrogen and oxygen atoms in total. The van der Waals surface area contributed by atoms with Crippen LogP contribution in [0.15, 0.2) is 23.2 Å². The van der Waals surface area contributed by atoms with Gasteiger partial charge in [0.1, 0.15) is 18.2 Å². The fourth-order valence-electron chi connectivity index (χ4n) is 2.02. The first kappa shape index (κ1) is 15.9. The first-order chi connectivity index (χ1) is 10.1. The molecule has 1 aliphatic rings. The van der Waals surface area contributed by atoms with Crippen molar-refractivity contribution in [3.63, 3.8) is 0 Å². The summed E-state index contributed by atoms with van der Waals surface area (Å²) in [6.07, 6.45) is 0.158. The normalized spacial score (nSPS) is 19.7. The zero-order valence-corrected chi connectivity index (χ0v) is 12.6. The first-order valence-corrected chi connectivity index (χ1v) is 7.18. The Balaban J connectivity index is 1.77. The molecule has 1 aliphatic heterocycles. The first-order valence-electron chi connectivity index (χ1n) is 6.80. The van der Waals surface area contributed by atoms with Crippen LogP contribution in [0.1, 0.15) is 6.92 Å². The summed E-state index contributed by atoms with van der Waals surface area (Å²) in [6.45, 7) is 4.91. The van der Waals surface area contributed by atoms with Gasteiger partial charge >= 0.3 is 0 Å². The van der Waals surface area contributed by atoms with Gasteiger partial charge in [0, 0.05) is 19.2 Å². The minimum absolute atomic E-state index is 0.0396. The van der Waals surface area contributed by atoms with Crippen LogP contribution >= 0.6 is 11.6 Å². The van der Waals surface area contributed by atoms with E-state index >= 15 is 0 Å². The maximum atomic E-state index is 13.0. The van der Waals surface area contributed by atoms with Gasteiger partial charge in [-0.1, -0.05) is 11.6 Å². The van der Waals surface area contributed by atoms with Crippen molar-refractivity contribution in [1.29, 1.82) is 0 Å². The van der Waals surface area contributed by atoms with E-state index in [2.05, 4.69) is 4.99 Å². The summed E-state index contributed by atoms with van der Waals surface area (Å²) >= 11 is 5.67. The summed E-state index contributed by atoms with van der Waals surface area (Å²) in [4.78, 5) is 6.26. The Labute approximate surface area is 128 Å². The molecule has 1 heterocycles. The second kappa shape index (κ2) is 7.47. The van der Waals surface area contributed by atoms with E-state index in [0.29, 0.717) is 31.5 Å². The fraction of sp³-hybridized carbons (Fsp3) is 0.500. The number of morpholine rings is 1. The molecule has 2 N–H and O–H groups in total. The molecule has 1 unspecified atom stereocenters. The lowest BCUT2D eigenvalue weighted by atomic mass is 10.3. The molecule has 0 radical (unpaired) electrons. The van der Waals surface area contributed by atoms with Crippen molar-refractivity contribution in [2.24, 2.45) is 10.7 Å². The molecule has 0 amide bonds. The lowest BCUT2D eigenvalue weighted by Gasteiger charge is -2.31. The monoisotopic (exact) mass is 315 g/mol. The van der Waals surface area contributed by atoms with E-state index in [9.17, 15) is 4.39 Å². The molecule has 0 aliphatic carbocycles. The second-order valence-corrected chi connectivity index (χ2v) is 5.20. The van der Waals surface area contributed by atoms with Crippen LogP contribution in [0.5, 0.6) is 5.75 Å². The van der Waals surface area contributed by atoms with E-state index < -0.39 is 5.82 Å². The molecule has 116 valence electrons. The number of aliphatic imine (C=N–C) groups is 1. The van der Waals surface area contributed by atoms with Crippen molar-refractivity contribution in [1.82, 2.24) is 4.90 Å². The van der Waals surface area contributed by atoms with Gasteiger partial charge in [-0.05, 0) is 19.1 Å². The van der Waals surface area contributed by atoms with Crippen molar-refractivity contribution in [2.45, 2.75) is 13.0 Å². The van der Waals surface area contributed by atoms with E-state index in [1.165, 1.54) is 18.2 Å². The third-order valence-corrected chi connectivity index (χ3v) is 3.38. The molecule has 21 heavy (non-hydrogen) atoms. The molecule has 2 rings (SSSR count). The Morgan fingerprint density at radius 3 is 3.14 bits per heavy atom. The number of nitrogens with zero attached hydrogens (tertiary/aromatic N) is 2. The molecule has 1 saturated heterocycles. The molecule has 0 aromatic heterocycles. The average molecular weight is 316 g/mol. The molecule has 1 atom stereocenters. The van der Waals surface area contributed by atoms with Gasteiger partial charge in [-0.15, -0.1) is 0 Å². The van der Waals surface area contributed by atoms with Gasteiger partial charge in [-0.2, -0.15) is 0 Å². The van der Waals surface area contributed by atoms with Crippen molar-refractivity contribution in [3.05, 3.63) is 29.0 Å². The average Bonchev–Trinajstić information content (AvgIpc) is 2.47. The van der Waals surface area contributed by atoms with Crippen LogP contribution in [-0.4, -0.2) is 49.8 Å². The van der Waals surface area contributed by atoms with Gasteiger partial charge in [0.25, 0.3) is 0 Å². The van der Waals surface area contributed by atoms with Crippen LogP contribution in [0.4, 0.5) is 4.39 Å². The summed E-state index contributed by atoms with van der Waals surface area (Å²) in [5.41, 5.74) is 5.93. The zero-order valence-electron chi connectivity index (χ0n) is 11.9. The number of ether oxygens (including phenoxy) is 2. The number of benzene rings is 1. The Morgan fingerprint density at radius 1 is 1.62 bits per heavy atom. The number of halogens is 2. The molecule has 0 spiro atoms. The highest BCUT2D eigenvalue weighted by atomic mass is 35.5. The highest BCUT2D eigenvalue weighted by Crippen LogP contribution is 2.20. The summed E-state index contributed by atoms with van der Waals surface area (Å²) in [6, 6.07) is 4.23. The number of hydrogen-bond donors (Lipinski definition) is 1. The molecule has 1 fully saturated rings. The Hall–Kier alpha value is -1.53. The van der Waals surface area contributed by atoms with Gasteiger partial charge in [-0.25, -0.2) is 9.38 Å². The quantitative estimate of drug-likeness (QED) is 0.524. The van der Waals surface area contributed by atoms with Gasteiger partial charge in [0.05, 0.1) is 24.3 Å². The number of nitrogens with two attached hydrogens (primary N) is 1. The van der Waals surface area contributed by atoms with Crippen LogP contribution in [0.2, 0.25) is 5.02 Å². The third kappa shape index (κ3) is 4.75. The molecule has 0 bridgehead atoms. The Bertz CT molecular complexity index is 513. The van der Waals surface area contributed by atoms with Crippen molar-refractivity contribution in [3.8, 4) is 5.75 Å². The molecule has 1 aromatic carbocycles. The third-order valence-electron chi connectivity index (χ3n) is 3.09. The summed E-state index contributed by atoms with van der Waals surface area (Å²) in [5, 5.41) is 0.0396. The number of hydrogen-bond acceptors (Lipinski definition) is 3. The largest absolute Gasteiger partial charge is 0.492 e. The van der Waals surface area contributed by atoms with Crippen LogP contribution in [0.3, 0.4) is 0 Å². The van der Waals surface area contributed by atoms with Gasteiger partial charge in [0.15, 0.2) is 5.96 Å². The molecular weight excluding hydrogens is 297 g/mol. The fourth-order valence-corrected chi connectivity index (χ4v) is 2.19. The summed E-state index contributed by atoms with van der Waals surface area (Å²) < 4.78 is 23.9. The van der Waals surface area contributed by atoms with Gasteiger partial charge in [0.2, 0.25) is 0 Å². The van der Waals surface area contributed by atoms with Crippen molar-refractivity contribution >= 4 is 17.6 Å².